The molecule has 4 heteroatoms. The topological polar surface area (TPSA) is 41.6 Å². The van der Waals surface area contributed by atoms with Gasteiger partial charge in [0.05, 0.1) is 6.61 Å². The lowest BCUT2D eigenvalue weighted by atomic mass is 9.97. The maximum absolute atomic E-state index is 11.8. The molecule has 1 saturated heterocycles. The van der Waals surface area contributed by atoms with Crippen molar-refractivity contribution in [3.8, 4) is 0 Å². The average Bonchev–Trinajstić information content (AvgIpc) is 2.44. The van der Waals surface area contributed by atoms with Crippen LogP contribution in [-0.2, 0) is 4.74 Å². The van der Waals surface area contributed by atoms with Crippen LogP contribution in [0.15, 0.2) is 0 Å². The molecule has 1 N–H and O–H groups in total. The van der Waals surface area contributed by atoms with Crippen LogP contribution in [0.1, 0.15) is 52.4 Å². The van der Waals surface area contributed by atoms with Crippen LogP contribution in [0.5, 0.6) is 0 Å². The zero-order chi connectivity index (χ0) is 13.9. The molecule has 0 aromatic rings. The fourth-order valence-corrected chi connectivity index (χ4v) is 2.32. The lowest BCUT2D eigenvalue weighted by molar-refractivity contribution is 0.0866. The van der Waals surface area contributed by atoms with E-state index in [9.17, 15) is 4.79 Å². The Labute approximate surface area is 117 Å². The van der Waals surface area contributed by atoms with E-state index in [1.54, 1.807) is 0 Å². The molecule has 1 fully saturated rings. The predicted octanol–water partition coefficient (Wildman–Crippen LogP) is 3.02. The molecular formula is C15H30N2O2. The van der Waals surface area contributed by atoms with Gasteiger partial charge < -0.3 is 15.0 Å². The van der Waals surface area contributed by atoms with Crippen LogP contribution in [0.3, 0.4) is 0 Å². The van der Waals surface area contributed by atoms with Crippen LogP contribution >= 0.6 is 0 Å². The third-order valence-corrected chi connectivity index (χ3v) is 3.74. The number of ether oxygens (including phenoxy) is 1. The number of likely N-dealkylation sites (tertiary alicyclic amines) is 1. The number of carbonyl (C=O) groups excluding carboxylic acids is 1. The number of nitrogens with zero attached hydrogens (tertiary/aromatic N) is 1. The number of piperidine rings is 1. The van der Waals surface area contributed by atoms with Crippen LogP contribution in [0.4, 0.5) is 4.79 Å². The van der Waals surface area contributed by atoms with E-state index in [1.165, 1.54) is 12.8 Å². The van der Waals surface area contributed by atoms with Gasteiger partial charge in [0, 0.05) is 13.1 Å². The van der Waals surface area contributed by atoms with E-state index in [1.807, 2.05) is 4.90 Å². The minimum Gasteiger partial charge on any atom is -0.449 e. The summed E-state index contributed by atoms with van der Waals surface area (Å²) in [4.78, 5) is 13.6. The molecule has 1 heterocycles. The molecule has 0 unspecified atom stereocenters. The van der Waals surface area contributed by atoms with Crippen molar-refractivity contribution in [2.24, 2.45) is 5.92 Å². The van der Waals surface area contributed by atoms with Crippen LogP contribution < -0.4 is 5.32 Å². The molecule has 0 spiro atoms. The summed E-state index contributed by atoms with van der Waals surface area (Å²) in [6, 6.07) is 0. The van der Waals surface area contributed by atoms with Gasteiger partial charge in [-0.2, -0.15) is 0 Å². The number of carbonyl (C=O) groups is 1. The molecule has 0 saturated carbocycles. The summed E-state index contributed by atoms with van der Waals surface area (Å²) < 4.78 is 5.24. The number of rotatable bonds is 8. The van der Waals surface area contributed by atoms with Gasteiger partial charge in [-0.05, 0) is 44.7 Å². The Morgan fingerprint density at radius 1 is 1.21 bits per heavy atom. The Morgan fingerprint density at radius 2 is 1.89 bits per heavy atom. The maximum Gasteiger partial charge on any atom is 0.409 e. The predicted molar refractivity (Wildman–Crippen MR) is 78.3 cm³/mol. The van der Waals surface area contributed by atoms with Gasteiger partial charge in [-0.25, -0.2) is 4.79 Å². The van der Waals surface area contributed by atoms with Gasteiger partial charge in [0.1, 0.15) is 0 Å². The monoisotopic (exact) mass is 270 g/mol. The summed E-state index contributed by atoms with van der Waals surface area (Å²) in [6.07, 6.45) is 6.61. The third-order valence-electron chi connectivity index (χ3n) is 3.74. The second-order valence-corrected chi connectivity index (χ2v) is 5.46. The van der Waals surface area contributed by atoms with Crippen molar-refractivity contribution in [2.45, 2.75) is 52.4 Å². The van der Waals surface area contributed by atoms with Crippen LogP contribution in [0, 0.1) is 5.92 Å². The zero-order valence-electron chi connectivity index (χ0n) is 12.6. The van der Waals surface area contributed by atoms with Gasteiger partial charge in [0.2, 0.25) is 0 Å². The molecule has 1 rings (SSSR count). The van der Waals surface area contributed by atoms with Gasteiger partial charge in [-0.15, -0.1) is 0 Å². The molecular weight excluding hydrogens is 240 g/mol. The van der Waals surface area contributed by atoms with Crippen molar-refractivity contribution in [1.82, 2.24) is 10.2 Å². The first-order valence-corrected chi connectivity index (χ1v) is 7.90. The summed E-state index contributed by atoms with van der Waals surface area (Å²) in [5.74, 6) is 0.719. The van der Waals surface area contributed by atoms with Gasteiger partial charge >= 0.3 is 6.09 Å². The summed E-state index contributed by atoms with van der Waals surface area (Å²) in [5.41, 5.74) is 0. The van der Waals surface area contributed by atoms with Crippen molar-refractivity contribution in [1.29, 1.82) is 0 Å². The molecule has 0 aromatic heterocycles. The number of hydrogen-bond donors (Lipinski definition) is 1. The summed E-state index contributed by atoms with van der Waals surface area (Å²) in [5, 5.41) is 3.51. The van der Waals surface area contributed by atoms with Crippen LogP contribution in [0.2, 0.25) is 0 Å². The zero-order valence-corrected chi connectivity index (χ0v) is 12.6. The van der Waals surface area contributed by atoms with Gasteiger partial charge in [0.25, 0.3) is 0 Å². The van der Waals surface area contributed by atoms with Crippen molar-refractivity contribution in [3.05, 3.63) is 0 Å². The highest BCUT2D eigenvalue weighted by atomic mass is 16.6. The van der Waals surface area contributed by atoms with Crippen LogP contribution in [0.25, 0.3) is 0 Å². The van der Waals surface area contributed by atoms with Crippen LogP contribution in [-0.4, -0.2) is 43.8 Å². The van der Waals surface area contributed by atoms with Crippen molar-refractivity contribution < 1.29 is 9.53 Å². The normalized spacial score (nSPS) is 16.6. The van der Waals surface area contributed by atoms with Crippen molar-refractivity contribution in [3.63, 3.8) is 0 Å². The SMILES string of the molecule is CCCCNCC1CCN(C(=O)OCCCC)CC1. The highest BCUT2D eigenvalue weighted by molar-refractivity contribution is 5.67. The van der Waals surface area contributed by atoms with Gasteiger partial charge in [-0.3, -0.25) is 0 Å². The molecule has 0 bridgehead atoms. The molecule has 1 amide bonds. The molecule has 0 radical (unpaired) electrons. The summed E-state index contributed by atoms with van der Waals surface area (Å²) >= 11 is 0. The Morgan fingerprint density at radius 3 is 2.53 bits per heavy atom. The molecule has 0 aromatic carbocycles. The second-order valence-electron chi connectivity index (χ2n) is 5.46. The van der Waals surface area contributed by atoms with Crippen molar-refractivity contribution >= 4 is 6.09 Å². The number of amides is 1. The van der Waals surface area contributed by atoms with Gasteiger partial charge in [0.15, 0.2) is 0 Å². The van der Waals surface area contributed by atoms with E-state index in [0.29, 0.717) is 6.61 Å². The first kappa shape index (κ1) is 16.3. The Bertz CT molecular complexity index is 238. The number of nitrogens with one attached hydrogen (secondary N) is 1. The third kappa shape index (κ3) is 6.81. The molecule has 1 aliphatic heterocycles. The van der Waals surface area contributed by atoms with E-state index in [4.69, 9.17) is 4.74 Å². The minimum absolute atomic E-state index is 0.120. The van der Waals surface area contributed by atoms with E-state index < -0.39 is 0 Å². The Kier molecular flexibility index (Phi) is 8.63. The molecule has 19 heavy (non-hydrogen) atoms. The molecule has 112 valence electrons. The fraction of sp³-hybridized carbons (Fsp3) is 0.933. The van der Waals surface area contributed by atoms with Gasteiger partial charge in [-0.1, -0.05) is 26.7 Å². The van der Waals surface area contributed by atoms with E-state index >= 15 is 0 Å². The summed E-state index contributed by atoms with van der Waals surface area (Å²) in [7, 11) is 0. The Balaban J connectivity index is 2.09. The standard InChI is InChI=1S/C15H30N2O2/c1-3-5-9-16-13-14-7-10-17(11-8-14)15(18)19-12-6-4-2/h14,16H,3-13H2,1-2H3. The average molecular weight is 270 g/mol. The highest BCUT2D eigenvalue weighted by Crippen LogP contribution is 2.17. The quantitative estimate of drug-likeness (QED) is 0.689. The molecule has 0 aliphatic carbocycles. The molecule has 1 aliphatic rings. The summed E-state index contributed by atoms with van der Waals surface area (Å²) in [6.45, 7) is 8.80. The minimum atomic E-state index is -0.120. The first-order chi connectivity index (χ1) is 9.27. The van der Waals surface area contributed by atoms with E-state index in [2.05, 4.69) is 19.2 Å². The Hall–Kier alpha value is -0.770. The van der Waals surface area contributed by atoms with E-state index in [0.717, 1.165) is 57.8 Å². The molecule has 0 atom stereocenters. The van der Waals surface area contributed by atoms with E-state index in [-0.39, 0.29) is 6.09 Å². The largest absolute Gasteiger partial charge is 0.449 e. The lowest BCUT2D eigenvalue weighted by Crippen LogP contribution is -2.41. The second kappa shape index (κ2) is 10.1. The number of hydrogen-bond acceptors (Lipinski definition) is 3. The number of unbranched alkanes of at least 4 members (excludes halogenated alkanes) is 2. The van der Waals surface area contributed by atoms with Crippen molar-refractivity contribution in [2.75, 3.05) is 32.8 Å². The highest BCUT2D eigenvalue weighted by Gasteiger charge is 2.23. The molecule has 4 nitrogen and oxygen atoms in total. The maximum atomic E-state index is 11.8. The smallest absolute Gasteiger partial charge is 0.409 e. The fourth-order valence-electron chi connectivity index (χ4n) is 2.32. The first-order valence-electron chi connectivity index (χ1n) is 7.90. The lowest BCUT2D eigenvalue weighted by Gasteiger charge is -2.31.